The maximum Gasteiger partial charge on any atom is 0.335 e. The molecule has 0 aliphatic heterocycles. The van der Waals surface area contributed by atoms with Gasteiger partial charge in [-0.25, -0.2) is 9.59 Å². The summed E-state index contributed by atoms with van der Waals surface area (Å²) in [6.45, 7) is 0.396. The topological polar surface area (TPSA) is 78.4 Å². The molecule has 1 fully saturated rings. The first-order valence-electron chi connectivity index (χ1n) is 7.94. The first kappa shape index (κ1) is 17.7. The minimum absolute atomic E-state index is 0.152. The molecule has 126 valence electrons. The Morgan fingerprint density at radius 3 is 2.39 bits per heavy atom. The number of nitrogens with one attached hydrogen (secondary N) is 2. The number of hydrogen-bond donors (Lipinski definition) is 3. The number of thioether (sulfide) groups is 1. The van der Waals surface area contributed by atoms with Crippen LogP contribution >= 0.6 is 11.8 Å². The molecule has 3 N–H and O–H groups in total. The summed E-state index contributed by atoms with van der Waals surface area (Å²) in [6.07, 6.45) is 6.60. The van der Waals surface area contributed by atoms with Crippen LogP contribution in [0.15, 0.2) is 24.3 Å². The summed E-state index contributed by atoms with van der Waals surface area (Å²) in [7, 11) is 0. The molecule has 5 nitrogen and oxygen atoms in total. The molecule has 0 atom stereocenters. The highest BCUT2D eigenvalue weighted by Gasteiger charge is 2.21. The Kier molecular flexibility index (Phi) is 6.77. The molecule has 2 amide bonds. The summed E-state index contributed by atoms with van der Waals surface area (Å²) in [5, 5.41) is 14.7. The summed E-state index contributed by atoms with van der Waals surface area (Å²) < 4.78 is 0. The van der Waals surface area contributed by atoms with Gasteiger partial charge in [-0.05, 0) is 61.3 Å². The zero-order valence-electron chi connectivity index (χ0n) is 13.4. The van der Waals surface area contributed by atoms with Crippen molar-refractivity contribution in [2.45, 2.75) is 38.3 Å². The second-order valence-corrected chi connectivity index (χ2v) is 6.91. The lowest BCUT2D eigenvalue weighted by molar-refractivity contribution is 0.0697. The van der Waals surface area contributed by atoms with Gasteiger partial charge in [-0.1, -0.05) is 12.1 Å². The number of hydrogen-bond acceptors (Lipinski definition) is 3. The summed E-state index contributed by atoms with van der Waals surface area (Å²) in [4.78, 5) is 22.7. The van der Waals surface area contributed by atoms with Gasteiger partial charge < -0.3 is 15.7 Å². The van der Waals surface area contributed by atoms with Crippen LogP contribution in [-0.4, -0.2) is 35.2 Å². The van der Waals surface area contributed by atoms with E-state index in [-0.39, 0.29) is 17.6 Å². The Morgan fingerprint density at radius 1 is 1.17 bits per heavy atom. The van der Waals surface area contributed by atoms with Gasteiger partial charge in [-0.2, -0.15) is 11.8 Å². The zero-order valence-corrected chi connectivity index (χ0v) is 14.2. The Bertz CT molecular complexity index is 525. The number of carbonyl (C=O) groups is 2. The van der Waals surface area contributed by atoms with Crippen LogP contribution in [0.3, 0.4) is 0 Å². The molecule has 0 unspecified atom stereocenters. The first-order valence-corrected chi connectivity index (χ1v) is 9.33. The number of amides is 2. The largest absolute Gasteiger partial charge is 0.478 e. The van der Waals surface area contributed by atoms with Crippen LogP contribution in [-0.2, 0) is 6.54 Å². The predicted octanol–water partition coefficient (Wildman–Crippen LogP) is 3.11. The average Bonchev–Trinajstić information content (AvgIpc) is 2.55. The lowest BCUT2D eigenvalue weighted by Crippen LogP contribution is -2.43. The number of carboxylic acid groups (broad SMARTS) is 1. The fraction of sp³-hybridized carbons (Fsp3) is 0.529. The molecule has 1 aromatic rings. The molecule has 1 aliphatic carbocycles. The standard InChI is InChI=1S/C17H24N2O3S/c1-23-11-13-4-8-15(9-5-13)19-17(22)18-10-12-2-6-14(7-3-12)16(20)21/h2-3,6-7,13,15H,4-5,8-11H2,1H3,(H,20,21)(H2,18,19,22). The molecule has 1 aliphatic rings. The normalized spacial score (nSPS) is 20.7. The lowest BCUT2D eigenvalue weighted by Gasteiger charge is -2.28. The van der Waals surface area contributed by atoms with E-state index in [2.05, 4.69) is 16.9 Å². The zero-order chi connectivity index (χ0) is 16.7. The molecule has 0 radical (unpaired) electrons. The number of benzene rings is 1. The first-order chi connectivity index (χ1) is 11.1. The van der Waals surface area contributed by atoms with E-state index >= 15 is 0 Å². The lowest BCUT2D eigenvalue weighted by atomic mass is 9.87. The quantitative estimate of drug-likeness (QED) is 0.746. The number of aromatic carboxylic acids is 1. The van der Waals surface area contributed by atoms with Crippen molar-refractivity contribution in [3.05, 3.63) is 35.4 Å². The van der Waals surface area contributed by atoms with E-state index in [1.165, 1.54) is 18.6 Å². The van der Waals surface area contributed by atoms with Crippen LogP contribution in [0.1, 0.15) is 41.6 Å². The van der Waals surface area contributed by atoms with Crippen LogP contribution in [0, 0.1) is 5.92 Å². The molecule has 23 heavy (non-hydrogen) atoms. The van der Waals surface area contributed by atoms with E-state index < -0.39 is 5.97 Å². The molecular weight excluding hydrogens is 312 g/mol. The van der Waals surface area contributed by atoms with E-state index in [1.54, 1.807) is 24.3 Å². The second kappa shape index (κ2) is 8.82. The summed E-state index contributed by atoms with van der Waals surface area (Å²) in [5.41, 5.74) is 1.13. The third-order valence-corrected chi connectivity index (χ3v) is 5.04. The van der Waals surface area contributed by atoms with Gasteiger partial charge in [-0.15, -0.1) is 0 Å². The van der Waals surface area contributed by atoms with Crippen molar-refractivity contribution >= 4 is 23.8 Å². The highest BCUT2D eigenvalue weighted by Crippen LogP contribution is 2.26. The van der Waals surface area contributed by atoms with Gasteiger partial charge in [0.2, 0.25) is 0 Å². The van der Waals surface area contributed by atoms with Gasteiger partial charge in [0.15, 0.2) is 0 Å². The van der Waals surface area contributed by atoms with Crippen LogP contribution in [0.2, 0.25) is 0 Å². The third kappa shape index (κ3) is 5.78. The maximum atomic E-state index is 11.9. The Balaban J connectivity index is 1.70. The number of carbonyl (C=O) groups excluding carboxylic acids is 1. The predicted molar refractivity (Wildman–Crippen MR) is 92.9 cm³/mol. The van der Waals surface area contributed by atoms with Gasteiger partial charge in [0.05, 0.1) is 5.56 Å². The monoisotopic (exact) mass is 336 g/mol. The van der Waals surface area contributed by atoms with Gasteiger partial charge in [0.25, 0.3) is 0 Å². The molecule has 2 rings (SSSR count). The summed E-state index contributed by atoms with van der Waals surface area (Å²) >= 11 is 1.90. The van der Waals surface area contributed by atoms with Gasteiger partial charge in [0, 0.05) is 12.6 Å². The molecule has 6 heteroatoms. The minimum atomic E-state index is -0.945. The maximum absolute atomic E-state index is 11.9. The van der Waals surface area contributed by atoms with Crippen LogP contribution in [0.5, 0.6) is 0 Å². The Labute approximate surface area is 141 Å². The van der Waals surface area contributed by atoms with E-state index in [0.29, 0.717) is 6.54 Å². The van der Waals surface area contributed by atoms with Crippen molar-refractivity contribution in [1.82, 2.24) is 10.6 Å². The SMILES string of the molecule is CSCC1CCC(NC(=O)NCc2ccc(C(=O)O)cc2)CC1. The van der Waals surface area contributed by atoms with Crippen molar-refractivity contribution in [1.29, 1.82) is 0 Å². The van der Waals surface area contributed by atoms with Gasteiger partial charge >= 0.3 is 12.0 Å². The second-order valence-electron chi connectivity index (χ2n) is 6.00. The molecule has 0 aromatic heterocycles. The third-order valence-electron chi connectivity index (χ3n) is 4.24. The number of rotatable bonds is 6. The summed E-state index contributed by atoms with van der Waals surface area (Å²) in [6, 6.07) is 6.64. The molecule has 1 saturated carbocycles. The van der Waals surface area contributed by atoms with Crippen molar-refractivity contribution in [3.63, 3.8) is 0 Å². The molecule has 0 spiro atoms. The van der Waals surface area contributed by atoms with Gasteiger partial charge in [-0.3, -0.25) is 0 Å². The van der Waals surface area contributed by atoms with E-state index in [0.717, 1.165) is 24.3 Å². The van der Waals surface area contributed by atoms with Crippen molar-refractivity contribution in [3.8, 4) is 0 Å². The van der Waals surface area contributed by atoms with Crippen molar-refractivity contribution in [2.24, 2.45) is 5.92 Å². The molecular formula is C17H24N2O3S. The van der Waals surface area contributed by atoms with Crippen LogP contribution in [0.25, 0.3) is 0 Å². The van der Waals surface area contributed by atoms with Crippen molar-refractivity contribution < 1.29 is 14.7 Å². The average molecular weight is 336 g/mol. The minimum Gasteiger partial charge on any atom is -0.478 e. The van der Waals surface area contributed by atoms with Crippen LogP contribution in [0.4, 0.5) is 4.79 Å². The smallest absolute Gasteiger partial charge is 0.335 e. The highest BCUT2D eigenvalue weighted by molar-refractivity contribution is 7.98. The molecule has 0 bridgehead atoms. The van der Waals surface area contributed by atoms with Crippen molar-refractivity contribution in [2.75, 3.05) is 12.0 Å². The Hall–Kier alpha value is -1.69. The highest BCUT2D eigenvalue weighted by atomic mass is 32.2. The molecule has 0 heterocycles. The van der Waals surface area contributed by atoms with E-state index in [9.17, 15) is 9.59 Å². The Morgan fingerprint density at radius 2 is 1.83 bits per heavy atom. The fourth-order valence-electron chi connectivity index (χ4n) is 2.89. The van der Waals surface area contributed by atoms with Gasteiger partial charge in [0.1, 0.15) is 0 Å². The molecule has 1 aromatic carbocycles. The number of carboxylic acids is 1. The fourth-order valence-corrected chi connectivity index (χ4v) is 3.70. The summed E-state index contributed by atoms with van der Waals surface area (Å²) in [5.74, 6) is 1.06. The van der Waals surface area contributed by atoms with E-state index in [1.807, 2.05) is 11.8 Å². The number of urea groups is 1. The van der Waals surface area contributed by atoms with E-state index in [4.69, 9.17) is 5.11 Å². The van der Waals surface area contributed by atoms with Crippen LogP contribution < -0.4 is 10.6 Å². The molecule has 0 saturated heterocycles.